The van der Waals surface area contributed by atoms with E-state index >= 15 is 0 Å². The average molecular weight is 379 g/mol. The lowest BCUT2D eigenvalue weighted by atomic mass is 10.2. The molecule has 3 aromatic rings. The van der Waals surface area contributed by atoms with Crippen molar-refractivity contribution in [3.8, 4) is 5.75 Å². The van der Waals surface area contributed by atoms with Crippen LogP contribution in [0.1, 0.15) is 34.6 Å². The smallest absolute Gasteiger partial charge is 0.257 e. The molecule has 0 spiro atoms. The molecule has 6 heteroatoms. The van der Waals surface area contributed by atoms with Gasteiger partial charge in [0.15, 0.2) is 0 Å². The highest BCUT2D eigenvalue weighted by Crippen LogP contribution is 2.30. The predicted octanol–water partition coefficient (Wildman–Crippen LogP) is 3.88. The van der Waals surface area contributed by atoms with Gasteiger partial charge in [0.2, 0.25) is 0 Å². The molecule has 1 heterocycles. The highest BCUT2D eigenvalue weighted by atomic mass is 19.1. The van der Waals surface area contributed by atoms with Crippen LogP contribution in [0.3, 0.4) is 0 Å². The van der Waals surface area contributed by atoms with Gasteiger partial charge in [-0.3, -0.25) is 4.79 Å². The molecule has 1 aliphatic carbocycles. The first-order valence-electron chi connectivity index (χ1n) is 9.34. The molecule has 0 N–H and O–H groups in total. The molecule has 1 aliphatic rings. The summed E-state index contributed by atoms with van der Waals surface area (Å²) < 4.78 is 21.3. The van der Waals surface area contributed by atoms with Crippen LogP contribution in [-0.4, -0.2) is 33.5 Å². The number of methoxy groups -OCH3 is 1. The highest BCUT2D eigenvalue weighted by molar-refractivity contribution is 5.94. The van der Waals surface area contributed by atoms with E-state index in [0.717, 1.165) is 30.0 Å². The Morgan fingerprint density at radius 1 is 1.21 bits per heavy atom. The van der Waals surface area contributed by atoms with Crippen molar-refractivity contribution >= 4 is 5.91 Å². The normalized spacial score (nSPS) is 13.4. The molecule has 5 nitrogen and oxygen atoms in total. The van der Waals surface area contributed by atoms with Gasteiger partial charge in [0, 0.05) is 25.0 Å². The van der Waals surface area contributed by atoms with Crippen molar-refractivity contribution in [2.75, 3.05) is 7.11 Å². The summed E-state index contributed by atoms with van der Waals surface area (Å²) in [5, 5.41) is 0. The van der Waals surface area contributed by atoms with Gasteiger partial charge in [-0.15, -0.1) is 0 Å². The molecule has 4 rings (SSSR count). The van der Waals surface area contributed by atoms with Crippen molar-refractivity contribution in [2.24, 2.45) is 0 Å². The molecule has 1 fully saturated rings. The lowest BCUT2D eigenvalue weighted by molar-refractivity contribution is 0.0719. The van der Waals surface area contributed by atoms with Crippen LogP contribution >= 0.6 is 0 Å². The summed E-state index contributed by atoms with van der Waals surface area (Å²) in [6, 6.07) is 14.1. The second kappa shape index (κ2) is 7.84. The Labute approximate surface area is 163 Å². The fourth-order valence-corrected chi connectivity index (χ4v) is 3.26. The maximum atomic E-state index is 14.1. The van der Waals surface area contributed by atoms with E-state index in [1.165, 1.54) is 12.1 Å². The van der Waals surface area contributed by atoms with Crippen LogP contribution in [0, 0.1) is 5.82 Å². The van der Waals surface area contributed by atoms with Crippen molar-refractivity contribution in [1.82, 2.24) is 14.5 Å². The Morgan fingerprint density at radius 3 is 2.64 bits per heavy atom. The van der Waals surface area contributed by atoms with E-state index in [1.807, 2.05) is 35.0 Å². The SMILES string of the molecule is COc1ccc(Cn2ccnc2CN(C(=O)c2ccccc2F)C2CC2)cc1. The lowest BCUT2D eigenvalue weighted by Gasteiger charge is -2.23. The minimum absolute atomic E-state index is 0.114. The molecule has 0 bridgehead atoms. The minimum atomic E-state index is -0.486. The fraction of sp³-hybridized carbons (Fsp3) is 0.273. The zero-order valence-electron chi connectivity index (χ0n) is 15.7. The van der Waals surface area contributed by atoms with Crippen molar-refractivity contribution in [1.29, 1.82) is 0 Å². The molecule has 1 saturated carbocycles. The van der Waals surface area contributed by atoms with Gasteiger partial charge in [-0.2, -0.15) is 0 Å². The first-order valence-corrected chi connectivity index (χ1v) is 9.34. The molecule has 0 radical (unpaired) electrons. The summed E-state index contributed by atoms with van der Waals surface area (Å²) >= 11 is 0. The quantitative estimate of drug-likeness (QED) is 0.626. The third-order valence-corrected chi connectivity index (χ3v) is 4.98. The molecule has 144 valence electrons. The van der Waals surface area contributed by atoms with Crippen LogP contribution in [0.25, 0.3) is 0 Å². The number of hydrogen-bond acceptors (Lipinski definition) is 3. The van der Waals surface area contributed by atoms with Crippen LogP contribution in [0.2, 0.25) is 0 Å². The van der Waals surface area contributed by atoms with Crippen molar-refractivity contribution in [3.05, 3.63) is 83.7 Å². The fourth-order valence-electron chi connectivity index (χ4n) is 3.26. The molecular formula is C22H22FN3O2. The van der Waals surface area contributed by atoms with Crippen LogP contribution in [0.15, 0.2) is 60.9 Å². The summed E-state index contributed by atoms with van der Waals surface area (Å²) in [5.41, 5.74) is 1.22. The van der Waals surface area contributed by atoms with E-state index in [4.69, 9.17) is 4.74 Å². The Hall–Kier alpha value is -3.15. The third-order valence-electron chi connectivity index (χ3n) is 4.98. The molecule has 0 atom stereocenters. The monoisotopic (exact) mass is 379 g/mol. The molecule has 1 aromatic heterocycles. The van der Waals surface area contributed by atoms with Gasteiger partial charge in [0.1, 0.15) is 17.4 Å². The third kappa shape index (κ3) is 3.91. The molecule has 0 saturated heterocycles. The second-order valence-electron chi connectivity index (χ2n) is 6.96. The Balaban J connectivity index is 1.53. The second-order valence-corrected chi connectivity index (χ2v) is 6.96. The standard InChI is InChI=1S/C22H22FN3O2/c1-28-18-10-6-16(7-11-18)14-25-13-12-24-21(25)15-26(17-8-9-17)22(27)19-4-2-3-5-20(19)23/h2-7,10-13,17H,8-9,14-15H2,1H3. The Bertz CT molecular complexity index is 964. The van der Waals surface area contributed by atoms with Crippen LogP contribution in [0.4, 0.5) is 4.39 Å². The van der Waals surface area contributed by atoms with Gasteiger partial charge >= 0.3 is 0 Å². The number of halogens is 1. The van der Waals surface area contributed by atoms with Gasteiger partial charge < -0.3 is 14.2 Å². The van der Waals surface area contributed by atoms with Gasteiger partial charge in [-0.1, -0.05) is 24.3 Å². The zero-order chi connectivity index (χ0) is 19.5. The predicted molar refractivity (Wildman–Crippen MR) is 104 cm³/mol. The molecule has 1 amide bonds. The van der Waals surface area contributed by atoms with Gasteiger partial charge in [0.05, 0.1) is 19.2 Å². The zero-order valence-corrected chi connectivity index (χ0v) is 15.7. The van der Waals surface area contributed by atoms with E-state index in [2.05, 4.69) is 4.98 Å². The number of hydrogen-bond donors (Lipinski definition) is 0. The number of ether oxygens (including phenoxy) is 1. The van der Waals surface area contributed by atoms with E-state index in [0.29, 0.717) is 13.1 Å². The molecule has 0 unspecified atom stereocenters. The largest absolute Gasteiger partial charge is 0.497 e. The van der Waals surface area contributed by atoms with Crippen LogP contribution in [0.5, 0.6) is 5.75 Å². The van der Waals surface area contributed by atoms with Crippen molar-refractivity contribution in [3.63, 3.8) is 0 Å². The number of rotatable bonds is 7. The van der Waals surface area contributed by atoms with E-state index in [1.54, 1.807) is 30.3 Å². The first-order chi connectivity index (χ1) is 13.7. The summed E-state index contributed by atoms with van der Waals surface area (Å²) in [7, 11) is 1.64. The van der Waals surface area contributed by atoms with E-state index in [-0.39, 0.29) is 17.5 Å². The number of carbonyl (C=O) groups excluding carboxylic acids is 1. The minimum Gasteiger partial charge on any atom is -0.497 e. The molecular weight excluding hydrogens is 357 g/mol. The van der Waals surface area contributed by atoms with Gasteiger partial charge in [-0.05, 0) is 42.7 Å². The summed E-state index contributed by atoms with van der Waals surface area (Å²) in [6.07, 6.45) is 5.52. The number of amides is 1. The lowest BCUT2D eigenvalue weighted by Crippen LogP contribution is -2.34. The Morgan fingerprint density at radius 2 is 1.96 bits per heavy atom. The summed E-state index contributed by atoms with van der Waals surface area (Å²) in [6.45, 7) is 1.01. The van der Waals surface area contributed by atoms with Gasteiger partial charge in [0.25, 0.3) is 5.91 Å². The van der Waals surface area contributed by atoms with E-state index in [9.17, 15) is 9.18 Å². The maximum Gasteiger partial charge on any atom is 0.257 e. The summed E-state index contributed by atoms with van der Waals surface area (Å²) in [5.74, 6) is 0.830. The molecule has 2 aromatic carbocycles. The van der Waals surface area contributed by atoms with Crippen LogP contribution in [-0.2, 0) is 13.1 Å². The maximum absolute atomic E-state index is 14.1. The highest BCUT2D eigenvalue weighted by Gasteiger charge is 2.34. The molecule has 28 heavy (non-hydrogen) atoms. The number of aromatic nitrogens is 2. The van der Waals surface area contributed by atoms with E-state index < -0.39 is 5.82 Å². The summed E-state index contributed by atoms with van der Waals surface area (Å²) in [4.78, 5) is 19.1. The number of nitrogens with zero attached hydrogens (tertiary/aromatic N) is 3. The van der Waals surface area contributed by atoms with Crippen LogP contribution < -0.4 is 4.74 Å². The first kappa shape index (κ1) is 18.2. The number of benzene rings is 2. The van der Waals surface area contributed by atoms with Crippen molar-refractivity contribution in [2.45, 2.75) is 32.0 Å². The van der Waals surface area contributed by atoms with Gasteiger partial charge in [-0.25, -0.2) is 9.37 Å². The topological polar surface area (TPSA) is 47.4 Å². The number of carbonyl (C=O) groups is 1. The average Bonchev–Trinajstić information content (AvgIpc) is 3.47. The van der Waals surface area contributed by atoms with Crippen molar-refractivity contribution < 1.29 is 13.9 Å². The number of imidazole rings is 1. The Kier molecular flexibility index (Phi) is 5.10. The molecule has 0 aliphatic heterocycles.